The lowest BCUT2D eigenvalue weighted by molar-refractivity contribution is 0.102. The van der Waals surface area contributed by atoms with Crippen LogP contribution in [0.4, 0.5) is 11.5 Å². The molecule has 2 rings (SSSR count). The minimum Gasteiger partial charge on any atom is -0.395 e. The van der Waals surface area contributed by atoms with Gasteiger partial charge in [0.2, 0.25) is 0 Å². The molecule has 0 atom stereocenters. The molecule has 0 fully saturated rings. The number of carbonyl (C=O) groups excluding carboxylic acids is 1. The monoisotopic (exact) mass is 252 g/mol. The van der Waals surface area contributed by atoms with Crippen LogP contribution in [-0.2, 0) is 0 Å². The highest BCUT2D eigenvalue weighted by Gasteiger charge is 2.15. The molecule has 88 valence electrons. The van der Waals surface area contributed by atoms with Crippen molar-refractivity contribution in [2.45, 2.75) is 6.92 Å². The zero-order valence-corrected chi connectivity index (χ0v) is 9.62. The van der Waals surface area contributed by atoms with Gasteiger partial charge >= 0.3 is 0 Å². The van der Waals surface area contributed by atoms with Crippen LogP contribution in [0.25, 0.3) is 0 Å². The molecular formula is C9H9ClN6O. The van der Waals surface area contributed by atoms with E-state index in [1.54, 1.807) is 6.92 Å². The number of rotatable bonds is 2. The highest BCUT2D eigenvalue weighted by atomic mass is 35.5. The van der Waals surface area contributed by atoms with Crippen molar-refractivity contribution in [2.75, 3.05) is 11.1 Å². The van der Waals surface area contributed by atoms with Crippen LogP contribution in [0.3, 0.4) is 0 Å². The molecule has 1 amide bonds. The second kappa shape index (κ2) is 4.38. The fourth-order valence-electron chi connectivity index (χ4n) is 1.17. The Morgan fingerprint density at radius 1 is 1.47 bits per heavy atom. The summed E-state index contributed by atoms with van der Waals surface area (Å²) in [6.45, 7) is 1.72. The minimum atomic E-state index is -0.455. The second-order valence-electron chi connectivity index (χ2n) is 3.31. The Kier molecular flexibility index (Phi) is 2.92. The maximum absolute atomic E-state index is 11.8. The molecule has 2 aromatic heterocycles. The third-order valence-electron chi connectivity index (χ3n) is 2.08. The van der Waals surface area contributed by atoms with Crippen LogP contribution < -0.4 is 11.1 Å². The van der Waals surface area contributed by atoms with Crippen LogP contribution in [0.1, 0.15) is 16.2 Å². The number of aromatic amines is 1. The summed E-state index contributed by atoms with van der Waals surface area (Å²) >= 11 is 5.57. The number of amides is 1. The van der Waals surface area contributed by atoms with Crippen molar-refractivity contribution in [1.82, 2.24) is 20.4 Å². The number of aryl methyl sites for hydroxylation is 1. The summed E-state index contributed by atoms with van der Waals surface area (Å²) in [5, 5.41) is 16.4. The highest BCUT2D eigenvalue weighted by Crippen LogP contribution is 2.14. The third-order valence-corrected chi connectivity index (χ3v) is 2.28. The average Bonchev–Trinajstić information content (AvgIpc) is 2.63. The number of nitrogens with zero attached hydrogens (tertiary/aromatic N) is 3. The van der Waals surface area contributed by atoms with Gasteiger partial charge in [0.1, 0.15) is 0 Å². The number of nitrogens with two attached hydrogens (primary N) is 1. The normalized spacial score (nSPS) is 10.2. The van der Waals surface area contributed by atoms with E-state index in [1.165, 1.54) is 12.1 Å². The van der Waals surface area contributed by atoms with Gasteiger partial charge < -0.3 is 11.1 Å². The summed E-state index contributed by atoms with van der Waals surface area (Å²) in [5.41, 5.74) is 6.74. The SMILES string of the molecule is Cc1[nH]nc(C(=O)Nc2ccc(Cl)nn2)c1N. The van der Waals surface area contributed by atoms with Gasteiger partial charge in [0.15, 0.2) is 16.7 Å². The van der Waals surface area contributed by atoms with E-state index in [9.17, 15) is 4.79 Å². The average molecular weight is 253 g/mol. The van der Waals surface area contributed by atoms with E-state index in [2.05, 4.69) is 25.7 Å². The molecule has 7 nitrogen and oxygen atoms in total. The lowest BCUT2D eigenvalue weighted by Crippen LogP contribution is -2.15. The van der Waals surface area contributed by atoms with Crippen LogP contribution >= 0.6 is 11.6 Å². The molecule has 0 radical (unpaired) electrons. The molecule has 0 aliphatic rings. The predicted molar refractivity (Wildman–Crippen MR) is 62.7 cm³/mol. The zero-order chi connectivity index (χ0) is 12.4. The molecular weight excluding hydrogens is 244 g/mol. The van der Waals surface area contributed by atoms with Crippen molar-refractivity contribution < 1.29 is 4.79 Å². The first kappa shape index (κ1) is 11.3. The number of nitrogen functional groups attached to an aromatic ring is 1. The Morgan fingerprint density at radius 2 is 2.24 bits per heavy atom. The molecule has 0 unspecified atom stereocenters. The van der Waals surface area contributed by atoms with Crippen molar-refractivity contribution in [3.8, 4) is 0 Å². The Morgan fingerprint density at radius 3 is 2.76 bits per heavy atom. The smallest absolute Gasteiger partial charge is 0.279 e. The first-order valence-corrected chi connectivity index (χ1v) is 5.06. The Balaban J connectivity index is 2.17. The summed E-state index contributed by atoms with van der Waals surface area (Å²) in [7, 11) is 0. The number of anilines is 2. The maximum atomic E-state index is 11.8. The lowest BCUT2D eigenvalue weighted by Gasteiger charge is -2.01. The Hall–Kier alpha value is -2.15. The molecule has 4 N–H and O–H groups in total. The van der Waals surface area contributed by atoms with Gasteiger partial charge in [0, 0.05) is 0 Å². The molecule has 0 saturated carbocycles. The number of carbonyl (C=O) groups is 1. The summed E-state index contributed by atoms with van der Waals surface area (Å²) in [6, 6.07) is 3.05. The molecule has 0 aliphatic heterocycles. The van der Waals surface area contributed by atoms with Gasteiger partial charge in [-0.2, -0.15) is 5.10 Å². The molecule has 2 heterocycles. The van der Waals surface area contributed by atoms with E-state index >= 15 is 0 Å². The first-order valence-electron chi connectivity index (χ1n) is 4.69. The largest absolute Gasteiger partial charge is 0.395 e. The molecule has 0 aromatic carbocycles. The number of halogens is 1. The topological polar surface area (TPSA) is 110 Å². The van der Waals surface area contributed by atoms with E-state index in [-0.39, 0.29) is 16.7 Å². The number of hydrogen-bond donors (Lipinski definition) is 3. The van der Waals surface area contributed by atoms with Gasteiger partial charge in [0.05, 0.1) is 11.4 Å². The molecule has 0 spiro atoms. The number of hydrogen-bond acceptors (Lipinski definition) is 5. The Labute approximate surface area is 101 Å². The lowest BCUT2D eigenvalue weighted by atomic mass is 10.3. The molecule has 8 heteroatoms. The number of H-pyrrole nitrogens is 1. The summed E-state index contributed by atoms with van der Waals surface area (Å²) in [6.07, 6.45) is 0. The van der Waals surface area contributed by atoms with Gasteiger partial charge in [-0.05, 0) is 19.1 Å². The fourth-order valence-corrected chi connectivity index (χ4v) is 1.27. The first-order chi connectivity index (χ1) is 8.08. The van der Waals surface area contributed by atoms with Gasteiger partial charge in [-0.1, -0.05) is 11.6 Å². The second-order valence-corrected chi connectivity index (χ2v) is 3.69. The standard InChI is InChI=1S/C9H9ClN6O/c1-4-7(11)8(16-13-4)9(17)12-6-3-2-5(10)14-15-6/h2-3H,11H2,1H3,(H,13,16)(H,12,15,17). The van der Waals surface area contributed by atoms with Crippen LogP contribution in [0, 0.1) is 6.92 Å². The predicted octanol–water partition coefficient (Wildman–Crippen LogP) is 0.996. The van der Waals surface area contributed by atoms with Gasteiger partial charge in [0.25, 0.3) is 5.91 Å². The van der Waals surface area contributed by atoms with Gasteiger partial charge in [-0.3, -0.25) is 9.89 Å². The van der Waals surface area contributed by atoms with Gasteiger partial charge in [-0.15, -0.1) is 10.2 Å². The van der Waals surface area contributed by atoms with E-state index < -0.39 is 5.91 Å². The van der Waals surface area contributed by atoms with Crippen molar-refractivity contribution in [3.05, 3.63) is 28.7 Å². The number of aromatic nitrogens is 4. The van der Waals surface area contributed by atoms with E-state index in [4.69, 9.17) is 17.3 Å². The molecule has 0 saturated heterocycles. The molecule has 0 bridgehead atoms. The zero-order valence-electron chi connectivity index (χ0n) is 8.86. The molecule has 17 heavy (non-hydrogen) atoms. The summed E-state index contributed by atoms with van der Waals surface area (Å²) < 4.78 is 0. The fraction of sp³-hybridized carbons (Fsp3) is 0.111. The quantitative estimate of drug-likeness (QED) is 0.738. The van der Waals surface area contributed by atoms with E-state index in [0.717, 1.165) is 0 Å². The van der Waals surface area contributed by atoms with Crippen LogP contribution in [0.2, 0.25) is 5.15 Å². The van der Waals surface area contributed by atoms with Crippen molar-refractivity contribution in [2.24, 2.45) is 0 Å². The van der Waals surface area contributed by atoms with Crippen LogP contribution in [-0.4, -0.2) is 26.3 Å². The maximum Gasteiger partial charge on any atom is 0.279 e. The van der Waals surface area contributed by atoms with Crippen molar-refractivity contribution in [3.63, 3.8) is 0 Å². The van der Waals surface area contributed by atoms with Crippen molar-refractivity contribution >= 4 is 29.0 Å². The van der Waals surface area contributed by atoms with E-state index in [1.807, 2.05) is 0 Å². The van der Waals surface area contributed by atoms with Crippen LogP contribution in [0.5, 0.6) is 0 Å². The van der Waals surface area contributed by atoms with Crippen molar-refractivity contribution in [1.29, 1.82) is 0 Å². The molecule has 2 aromatic rings. The summed E-state index contributed by atoms with van der Waals surface area (Å²) in [4.78, 5) is 11.8. The summed E-state index contributed by atoms with van der Waals surface area (Å²) in [5.74, 6) is -0.178. The minimum absolute atomic E-state index is 0.124. The van der Waals surface area contributed by atoms with Crippen LogP contribution in [0.15, 0.2) is 12.1 Å². The number of nitrogens with one attached hydrogen (secondary N) is 2. The molecule has 0 aliphatic carbocycles. The highest BCUT2D eigenvalue weighted by molar-refractivity contribution is 6.29. The Bertz CT molecular complexity index is 549. The van der Waals surface area contributed by atoms with Gasteiger partial charge in [-0.25, -0.2) is 0 Å². The third kappa shape index (κ3) is 2.34. The van der Waals surface area contributed by atoms with E-state index in [0.29, 0.717) is 11.4 Å².